The van der Waals surface area contributed by atoms with E-state index in [4.69, 9.17) is 20.8 Å². The maximum Gasteiger partial charge on any atom is 0.415 e. The molecule has 28 heavy (non-hydrogen) atoms. The molecule has 150 valence electrons. The van der Waals surface area contributed by atoms with Crippen LogP contribution >= 0.6 is 38.9 Å². The van der Waals surface area contributed by atoms with Crippen molar-refractivity contribution in [1.29, 1.82) is 0 Å². The molecule has 0 aliphatic carbocycles. The van der Waals surface area contributed by atoms with E-state index in [1.54, 1.807) is 33.8 Å². The Kier molecular flexibility index (Phi) is 6.05. The second-order valence-electron chi connectivity index (χ2n) is 7.24. The molecule has 3 heterocycles. The molecule has 1 unspecified atom stereocenters. The van der Waals surface area contributed by atoms with Crippen molar-refractivity contribution in [2.75, 3.05) is 4.90 Å². The van der Waals surface area contributed by atoms with E-state index in [1.165, 1.54) is 16.2 Å². The number of thiophene rings is 1. The summed E-state index contributed by atoms with van der Waals surface area (Å²) in [5, 5.41) is 12.1. The summed E-state index contributed by atoms with van der Waals surface area (Å²) in [6.07, 6.45) is -1.39. The maximum atomic E-state index is 13.0. The van der Waals surface area contributed by atoms with Crippen LogP contribution in [-0.4, -0.2) is 21.8 Å². The number of hydrogen-bond donors (Lipinski definition) is 1. The van der Waals surface area contributed by atoms with Gasteiger partial charge in [-0.2, -0.15) is 0 Å². The lowest BCUT2D eigenvalue weighted by Gasteiger charge is -2.27. The minimum absolute atomic E-state index is 0.195. The first-order chi connectivity index (χ1) is 13.1. The van der Waals surface area contributed by atoms with Crippen LogP contribution in [0.15, 0.2) is 32.5 Å². The van der Waals surface area contributed by atoms with Gasteiger partial charge in [0, 0.05) is 10.9 Å². The molecule has 9 heteroatoms. The van der Waals surface area contributed by atoms with Crippen molar-refractivity contribution in [2.45, 2.75) is 45.9 Å². The Hall–Kier alpha value is -1.61. The smallest absolute Gasteiger partial charge is 0.415 e. The van der Waals surface area contributed by atoms with E-state index in [-0.39, 0.29) is 11.7 Å². The quantitative estimate of drug-likeness (QED) is 0.437. The summed E-state index contributed by atoms with van der Waals surface area (Å²) in [6.45, 7) is 7.28. The Morgan fingerprint density at radius 2 is 2.21 bits per heavy atom. The van der Waals surface area contributed by atoms with Crippen LogP contribution < -0.4 is 4.90 Å². The van der Waals surface area contributed by atoms with E-state index < -0.39 is 17.8 Å². The average Bonchev–Trinajstić information content (AvgIpc) is 3.19. The van der Waals surface area contributed by atoms with E-state index in [0.29, 0.717) is 27.0 Å². The highest BCUT2D eigenvalue weighted by molar-refractivity contribution is 9.10. The molecule has 3 aromatic rings. The number of aliphatic hydroxyl groups excluding tert-OH is 1. The Bertz CT molecular complexity index is 996. The molecular weight excluding hydrogens is 468 g/mol. The minimum Gasteiger partial charge on any atom is -0.453 e. The average molecular weight is 488 g/mol. The van der Waals surface area contributed by atoms with Crippen molar-refractivity contribution < 1.29 is 19.1 Å². The van der Waals surface area contributed by atoms with E-state index in [2.05, 4.69) is 20.9 Å². The molecule has 0 radical (unpaired) electrons. The van der Waals surface area contributed by atoms with Gasteiger partial charge in [-0.05, 0) is 55.1 Å². The van der Waals surface area contributed by atoms with E-state index in [1.807, 2.05) is 17.5 Å². The molecule has 0 saturated heterocycles. The van der Waals surface area contributed by atoms with Gasteiger partial charge in [-0.25, -0.2) is 9.78 Å². The molecule has 3 aromatic heterocycles. The second-order valence-corrected chi connectivity index (χ2v) is 9.46. The van der Waals surface area contributed by atoms with Crippen LogP contribution in [0.1, 0.15) is 44.4 Å². The summed E-state index contributed by atoms with van der Waals surface area (Å²) >= 11 is 11.2. The Morgan fingerprint density at radius 3 is 2.79 bits per heavy atom. The molecule has 1 N–H and O–H groups in total. The third kappa shape index (κ3) is 4.51. The summed E-state index contributed by atoms with van der Waals surface area (Å²) in [6, 6.07) is 5.40. The lowest BCUT2D eigenvalue weighted by atomic mass is 10.2. The van der Waals surface area contributed by atoms with Crippen molar-refractivity contribution in [3.8, 4) is 0 Å². The van der Waals surface area contributed by atoms with Crippen LogP contribution in [0.2, 0.25) is 5.15 Å². The predicted octanol–water partition coefficient (Wildman–Crippen LogP) is 6.30. The van der Waals surface area contributed by atoms with Crippen LogP contribution in [0.3, 0.4) is 0 Å². The highest BCUT2D eigenvalue weighted by Crippen LogP contribution is 2.40. The van der Waals surface area contributed by atoms with Crippen molar-refractivity contribution in [3.63, 3.8) is 0 Å². The van der Waals surface area contributed by atoms with Gasteiger partial charge in [0.2, 0.25) is 0 Å². The molecule has 0 aromatic carbocycles. The first-order valence-corrected chi connectivity index (χ1v) is 10.6. The highest BCUT2D eigenvalue weighted by Gasteiger charge is 2.29. The van der Waals surface area contributed by atoms with E-state index in [9.17, 15) is 9.90 Å². The minimum atomic E-state index is -0.859. The number of furan rings is 1. The third-order valence-electron chi connectivity index (χ3n) is 3.74. The van der Waals surface area contributed by atoms with Gasteiger partial charge >= 0.3 is 6.09 Å². The largest absolute Gasteiger partial charge is 0.453 e. The molecule has 0 spiro atoms. The Morgan fingerprint density at radius 1 is 1.50 bits per heavy atom. The summed E-state index contributed by atoms with van der Waals surface area (Å²) < 4.78 is 12.0. The van der Waals surface area contributed by atoms with Gasteiger partial charge < -0.3 is 14.3 Å². The number of fused-ring (bicyclic) bond motifs is 1. The number of hydrogen-bond acceptors (Lipinski definition) is 6. The fourth-order valence-electron chi connectivity index (χ4n) is 2.60. The topological polar surface area (TPSA) is 75.8 Å². The van der Waals surface area contributed by atoms with Gasteiger partial charge in [0.15, 0.2) is 5.58 Å². The second kappa shape index (κ2) is 8.02. The fraction of sp³-hybridized carbons (Fsp3) is 0.368. The van der Waals surface area contributed by atoms with Crippen LogP contribution in [-0.2, 0) is 11.3 Å². The molecule has 0 bridgehead atoms. The molecule has 0 saturated carbocycles. The number of aromatic nitrogens is 1. The number of amides is 1. The molecular formula is C19H20BrClN2O4S. The van der Waals surface area contributed by atoms with Crippen LogP contribution in [0.4, 0.5) is 10.5 Å². The van der Waals surface area contributed by atoms with Gasteiger partial charge in [-0.1, -0.05) is 17.7 Å². The maximum absolute atomic E-state index is 13.0. The number of halogens is 2. The van der Waals surface area contributed by atoms with Gasteiger partial charge in [0.1, 0.15) is 28.1 Å². The number of anilines is 1. The van der Waals surface area contributed by atoms with Crippen LogP contribution in [0.25, 0.3) is 11.1 Å². The fourth-order valence-corrected chi connectivity index (χ4v) is 4.16. The summed E-state index contributed by atoms with van der Waals surface area (Å²) in [4.78, 5) is 19.7. The number of ether oxygens (including phenoxy) is 1. The summed E-state index contributed by atoms with van der Waals surface area (Å²) in [5.41, 5.74) is 0.521. The zero-order valence-corrected chi connectivity index (χ0v) is 19.0. The molecule has 6 nitrogen and oxygen atoms in total. The normalized spacial score (nSPS) is 13.0. The standard InChI is InChI=1S/C19H20BrClN2O4S/c1-10(24)16-14(20)15-17(26-16)12(8-13(21)22-15)23(9-11-6-5-7-28-11)18(25)27-19(2,3)4/h5-8,10,24H,9H2,1-4H3. The Balaban J connectivity index is 2.17. The lowest BCUT2D eigenvalue weighted by Crippen LogP contribution is -2.36. The first kappa shape index (κ1) is 21.1. The van der Waals surface area contributed by atoms with Crippen molar-refractivity contribution >= 4 is 61.7 Å². The molecule has 3 rings (SSSR count). The zero-order valence-electron chi connectivity index (χ0n) is 15.8. The van der Waals surface area contributed by atoms with Gasteiger partial charge in [0.25, 0.3) is 0 Å². The number of pyridine rings is 1. The summed E-state index contributed by atoms with van der Waals surface area (Å²) in [5.74, 6) is 0.311. The van der Waals surface area contributed by atoms with E-state index in [0.717, 1.165) is 4.88 Å². The zero-order chi connectivity index (χ0) is 20.6. The monoisotopic (exact) mass is 486 g/mol. The highest BCUT2D eigenvalue weighted by atomic mass is 79.9. The van der Waals surface area contributed by atoms with Crippen molar-refractivity contribution in [2.24, 2.45) is 0 Å². The van der Waals surface area contributed by atoms with Gasteiger partial charge in [-0.3, -0.25) is 4.90 Å². The van der Waals surface area contributed by atoms with Crippen molar-refractivity contribution in [1.82, 2.24) is 4.98 Å². The Labute approximate surface area is 180 Å². The molecule has 0 fully saturated rings. The molecule has 1 atom stereocenters. The predicted molar refractivity (Wildman–Crippen MR) is 114 cm³/mol. The summed E-state index contributed by atoms with van der Waals surface area (Å²) in [7, 11) is 0. The molecule has 0 aliphatic heterocycles. The molecule has 1 amide bonds. The SMILES string of the molecule is CC(O)c1oc2c(N(Cc3cccs3)C(=O)OC(C)(C)C)cc(Cl)nc2c1Br. The number of carbonyl (C=O) groups excluding carboxylic acids is 1. The lowest BCUT2D eigenvalue weighted by molar-refractivity contribution is 0.0578. The first-order valence-electron chi connectivity index (χ1n) is 8.56. The van der Waals surface area contributed by atoms with Crippen LogP contribution in [0, 0.1) is 0 Å². The van der Waals surface area contributed by atoms with Gasteiger partial charge in [-0.15, -0.1) is 11.3 Å². The number of rotatable bonds is 4. The van der Waals surface area contributed by atoms with E-state index >= 15 is 0 Å². The number of carbonyl (C=O) groups is 1. The molecule has 0 aliphatic rings. The number of aliphatic hydroxyl groups is 1. The van der Waals surface area contributed by atoms with Crippen molar-refractivity contribution in [3.05, 3.63) is 43.8 Å². The van der Waals surface area contributed by atoms with Crippen LogP contribution in [0.5, 0.6) is 0 Å². The third-order valence-corrected chi connectivity index (χ3v) is 5.56. The van der Waals surface area contributed by atoms with Gasteiger partial charge in [0.05, 0.1) is 16.7 Å². The number of nitrogens with zero attached hydrogens (tertiary/aromatic N) is 2.